The molecule has 4 rings (SSSR count). The lowest BCUT2D eigenvalue weighted by Crippen LogP contribution is -2.50. The van der Waals surface area contributed by atoms with Crippen LogP contribution in [0, 0.1) is 6.92 Å². The van der Waals surface area contributed by atoms with Crippen LogP contribution in [0.25, 0.3) is 10.8 Å². The zero-order valence-corrected chi connectivity index (χ0v) is 14.5. The quantitative estimate of drug-likeness (QED) is 0.713. The van der Waals surface area contributed by atoms with E-state index in [4.69, 9.17) is 4.52 Å². The number of nitrogens with zero attached hydrogens (tertiary/aromatic N) is 3. The first-order valence-corrected chi connectivity index (χ1v) is 8.63. The zero-order chi connectivity index (χ0) is 18.1. The van der Waals surface area contributed by atoms with Gasteiger partial charge < -0.3 is 14.3 Å². The van der Waals surface area contributed by atoms with Crippen LogP contribution in [-0.4, -0.2) is 52.9 Å². The highest BCUT2D eigenvalue weighted by molar-refractivity contribution is 6.07. The number of hydrogen-bond donors (Lipinski definition) is 0. The number of carbonyl (C=O) groups is 2. The van der Waals surface area contributed by atoms with Crippen molar-refractivity contribution in [1.29, 1.82) is 0 Å². The highest BCUT2D eigenvalue weighted by Gasteiger charge is 2.27. The van der Waals surface area contributed by atoms with Crippen LogP contribution in [0.5, 0.6) is 0 Å². The lowest BCUT2D eigenvalue weighted by molar-refractivity contribution is 0.0513. The predicted octanol–water partition coefficient (Wildman–Crippen LogP) is 2.73. The van der Waals surface area contributed by atoms with Crippen molar-refractivity contribution in [1.82, 2.24) is 15.0 Å². The molecule has 6 nitrogen and oxygen atoms in total. The fraction of sp³-hybridized carbons (Fsp3) is 0.250. The maximum atomic E-state index is 13.0. The number of aryl methyl sites for hydroxylation is 1. The lowest BCUT2D eigenvalue weighted by atomic mass is 10.0. The molecule has 0 saturated carbocycles. The first kappa shape index (κ1) is 16.3. The van der Waals surface area contributed by atoms with Crippen LogP contribution in [0.3, 0.4) is 0 Å². The molecule has 0 bridgehead atoms. The molecular weight excluding hydrogens is 330 g/mol. The minimum absolute atomic E-state index is 0.00408. The average Bonchev–Trinajstić information content (AvgIpc) is 3.13. The van der Waals surface area contributed by atoms with E-state index in [1.165, 1.54) is 0 Å². The molecule has 0 N–H and O–H groups in total. The monoisotopic (exact) mass is 349 g/mol. The van der Waals surface area contributed by atoms with E-state index >= 15 is 0 Å². The summed E-state index contributed by atoms with van der Waals surface area (Å²) in [5, 5.41) is 5.76. The molecule has 6 heteroatoms. The first-order chi connectivity index (χ1) is 12.6. The summed E-state index contributed by atoms with van der Waals surface area (Å²) in [6.07, 6.45) is 0. The summed E-state index contributed by atoms with van der Waals surface area (Å²) in [5.41, 5.74) is 1.38. The number of aromatic nitrogens is 1. The van der Waals surface area contributed by atoms with Gasteiger partial charge in [-0.15, -0.1) is 0 Å². The summed E-state index contributed by atoms with van der Waals surface area (Å²) < 4.78 is 5.05. The number of piperazine rings is 1. The smallest absolute Gasteiger partial charge is 0.292 e. The molecule has 1 aromatic heterocycles. The van der Waals surface area contributed by atoms with Gasteiger partial charge in [0.05, 0.1) is 5.69 Å². The van der Waals surface area contributed by atoms with Gasteiger partial charge in [0.1, 0.15) is 0 Å². The van der Waals surface area contributed by atoms with E-state index in [1.54, 1.807) is 22.8 Å². The zero-order valence-electron chi connectivity index (χ0n) is 14.5. The topological polar surface area (TPSA) is 66.7 Å². The summed E-state index contributed by atoms with van der Waals surface area (Å²) >= 11 is 0. The largest absolute Gasteiger partial charge is 0.351 e. The summed E-state index contributed by atoms with van der Waals surface area (Å²) in [5.74, 6) is 0.0728. The normalized spacial score (nSPS) is 14.7. The molecule has 2 heterocycles. The van der Waals surface area contributed by atoms with Gasteiger partial charge in [-0.1, -0.05) is 41.6 Å². The van der Waals surface area contributed by atoms with Crippen LogP contribution in [0.1, 0.15) is 26.6 Å². The second-order valence-corrected chi connectivity index (χ2v) is 6.44. The van der Waals surface area contributed by atoms with Gasteiger partial charge in [-0.3, -0.25) is 9.59 Å². The third-order valence-electron chi connectivity index (χ3n) is 4.71. The van der Waals surface area contributed by atoms with E-state index in [-0.39, 0.29) is 17.6 Å². The summed E-state index contributed by atoms with van der Waals surface area (Å²) in [7, 11) is 0. The maximum Gasteiger partial charge on any atom is 0.292 e. The standard InChI is InChI=1S/C20H19N3O3/c1-14-13-18(26-21-14)20(25)23-11-9-22(10-12-23)19(24)17-8-4-6-15-5-2-3-7-16(15)17/h2-8,13H,9-12H2,1H3. The van der Waals surface area contributed by atoms with E-state index in [2.05, 4.69) is 5.16 Å². The van der Waals surface area contributed by atoms with E-state index < -0.39 is 0 Å². The van der Waals surface area contributed by atoms with Crippen molar-refractivity contribution in [2.75, 3.05) is 26.2 Å². The highest BCUT2D eigenvalue weighted by atomic mass is 16.5. The molecule has 0 aliphatic carbocycles. The molecule has 26 heavy (non-hydrogen) atoms. The van der Waals surface area contributed by atoms with Crippen LogP contribution in [0.2, 0.25) is 0 Å². The second-order valence-electron chi connectivity index (χ2n) is 6.44. The Kier molecular flexibility index (Phi) is 4.16. The van der Waals surface area contributed by atoms with Crippen LogP contribution in [-0.2, 0) is 0 Å². The highest BCUT2D eigenvalue weighted by Crippen LogP contribution is 2.21. The van der Waals surface area contributed by atoms with Gasteiger partial charge in [-0.05, 0) is 23.8 Å². The van der Waals surface area contributed by atoms with Gasteiger partial charge in [0, 0.05) is 37.8 Å². The van der Waals surface area contributed by atoms with Crippen LogP contribution in [0.4, 0.5) is 0 Å². The number of carbonyl (C=O) groups excluding carboxylic acids is 2. The Hall–Kier alpha value is -3.15. The van der Waals surface area contributed by atoms with Gasteiger partial charge in [0.2, 0.25) is 5.76 Å². The Labute approximate surface area is 151 Å². The van der Waals surface area contributed by atoms with Crippen molar-refractivity contribution in [3.05, 3.63) is 65.5 Å². The molecule has 3 aromatic rings. The van der Waals surface area contributed by atoms with Crippen molar-refractivity contribution in [3.63, 3.8) is 0 Å². The number of rotatable bonds is 2. The Morgan fingerprint density at radius 2 is 1.58 bits per heavy atom. The molecule has 2 amide bonds. The van der Waals surface area contributed by atoms with Crippen LogP contribution < -0.4 is 0 Å². The Morgan fingerprint density at radius 3 is 2.27 bits per heavy atom. The van der Waals surface area contributed by atoms with Gasteiger partial charge in [0.15, 0.2) is 0 Å². The fourth-order valence-corrected chi connectivity index (χ4v) is 3.32. The average molecular weight is 349 g/mol. The summed E-state index contributed by atoms with van der Waals surface area (Å²) in [6, 6.07) is 15.3. The van der Waals surface area contributed by atoms with E-state index in [0.717, 1.165) is 10.8 Å². The Balaban J connectivity index is 1.47. The van der Waals surface area contributed by atoms with Crippen molar-refractivity contribution < 1.29 is 14.1 Å². The molecule has 0 spiro atoms. The number of fused-ring (bicyclic) bond motifs is 1. The number of amides is 2. The molecule has 0 unspecified atom stereocenters. The SMILES string of the molecule is Cc1cc(C(=O)N2CCN(C(=O)c3cccc4ccccc34)CC2)on1. The fourth-order valence-electron chi connectivity index (χ4n) is 3.32. The maximum absolute atomic E-state index is 13.0. The number of hydrogen-bond acceptors (Lipinski definition) is 4. The van der Waals surface area contributed by atoms with Gasteiger partial charge >= 0.3 is 0 Å². The second kappa shape index (κ2) is 6.63. The van der Waals surface area contributed by atoms with Gasteiger partial charge in [-0.25, -0.2) is 0 Å². The predicted molar refractivity (Wildman–Crippen MR) is 97.0 cm³/mol. The molecule has 0 atom stereocenters. The first-order valence-electron chi connectivity index (χ1n) is 8.63. The minimum Gasteiger partial charge on any atom is -0.351 e. The molecule has 1 fully saturated rings. The van der Waals surface area contributed by atoms with Gasteiger partial charge in [0.25, 0.3) is 11.8 Å². The third-order valence-corrected chi connectivity index (χ3v) is 4.71. The van der Waals surface area contributed by atoms with Gasteiger partial charge in [-0.2, -0.15) is 0 Å². The van der Waals surface area contributed by atoms with Crippen molar-refractivity contribution in [3.8, 4) is 0 Å². The molecule has 1 aliphatic rings. The van der Waals surface area contributed by atoms with E-state index in [9.17, 15) is 9.59 Å². The van der Waals surface area contributed by atoms with Crippen molar-refractivity contribution in [2.24, 2.45) is 0 Å². The molecule has 2 aromatic carbocycles. The van der Waals surface area contributed by atoms with Crippen LogP contribution in [0.15, 0.2) is 53.1 Å². The molecular formula is C20H19N3O3. The summed E-state index contributed by atoms with van der Waals surface area (Å²) in [4.78, 5) is 28.9. The number of benzene rings is 2. The van der Waals surface area contributed by atoms with Crippen molar-refractivity contribution in [2.45, 2.75) is 6.92 Å². The molecule has 0 radical (unpaired) electrons. The van der Waals surface area contributed by atoms with E-state index in [0.29, 0.717) is 37.4 Å². The Bertz CT molecular complexity index is 966. The molecule has 1 aliphatic heterocycles. The molecule has 132 valence electrons. The van der Waals surface area contributed by atoms with Crippen molar-refractivity contribution >= 4 is 22.6 Å². The van der Waals surface area contributed by atoms with Crippen LogP contribution >= 0.6 is 0 Å². The Morgan fingerprint density at radius 1 is 0.923 bits per heavy atom. The minimum atomic E-state index is -0.178. The van der Waals surface area contributed by atoms with E-state index in [1.807, 2.05) is 42.5 Å². The lowest BCUT2D eigenvalue weighted by Gasteiger charge is -2.34. The molecule has 1 saturated heterocycles. The third kappa shape index (κ3) is 2.94. The summed E-state index contributed by atoms with van der Waals surface area (Å²) in [6.45, 7) is 3.74.